The molecule has 0 aromatic heterocycles. The van der Waals surface area contributed by atoms with Crippen LogP contribution in [0.5, 0.6) is 5.75 Å². The van der Waals surface area contributed by atoms with E-state index in [9.17, 15) is 14.7 Å². The van der Waals surface area contributed by atoms with Gasteiger partial charge in [-0.05, 0) is 63.3 Å². The molecule has 0 fully saturated rings. The Morgan fingerprint density at radius 3 is 2.39 bits per heavy atom. The molecule has 0 radical (unpaired) electrons. The number of nitrogens with zero attached hydrogens (tertiary/aromatic N) is 2. The maximum Gasteiger partial charge on any atom is 0.347 e. The number of nitrogens with two attached hydrogens (primary N) is 1. The molecule has 0 bridgehead atoms. The Kier molecular flexibility index (Phi) is 9.05. The molecule has 0 aliphatic heterocycles. The summed E-state index contributed by atoms with van der Waals surface area (Å²) in [6, 6.07) is 14.9. The van der Waals surface area contributed by atoms with E-state index < -0.39 is 11.6 Å². The van der Waals surface area contributed by atoms with Gasteiger partial charge >= 0.3 is 12.0 Å². The Hall–Kier alpha value is -3.32. The summed E-state index contributed by atoms with van der Waals surface area (Å²) in [7, 11) is 0. The first-order valence-electron chi connectivity index (χ1n) is 11.1. The van der Waals surface area contributed by atoms with Gasteiger partial charge in [0, 0.05) is 12.2 Å². The number of rotatable bonds is 11. The van der Waals surface area contributed by atoms with Gasteiger partial charge < -0.3 is 9.84 Å². The predicted octanol–water partition coefficient (Wildman–Crippen LogP) is 4.89. The van der Waals surface area contributed by atoms with Crippen LogP contribution in [0.4, 0.5) is 4.79 Å². The molecule has 7 nitrogen and oxygen atoms in total. The van der Waals surface area contributed by atoms with Crippen LogP contribution in [0.25, 0.3) is 0 Å². The Labute approximate surface area is 196 Å². The molecule has 0 spiro atoms. The van der Waals surface area contributed by atoms with Gasteiger partial charge in [-0.1, -0.05) is 55.5 Å². The SMILES string of the molecule is C=C(CCc1cccc(OC(C)(C)C(=O)O)c1)N(CCC)C(=O)N(N)Cc1ccc(C)cc1. The van der Waals surface area contributed by atoms with Crippen LogP contribution in [0, 0.1) is 6.92 Å². The monoisotopic (exact) mass is 453 g/mol. The largest absolute Gasteiger partial charge is 0.478 e. The van der Waals surface area contributed by atoms with Crippen LogP contribution in [0.1, 0.15) is 50.3 Å². The second kappa shape index (κ2) is 11.5. The number of urea groups is 1. The van der Waals surface area contributed by atoms with Crippen molar-refractivity contribution < 1.29 is 19.4 Å². The number of carbonyl (C=O) groups is 2. The predicted molar refractivity (Wildman–Crippen MR) is 130 cm³/mol. The quantitative estimate of drug-likeness (QED) is 0.287. The number of hydrogen-bond acceptors (Lipinski definition) is 4. The zero-order chi connectivity index (χ0) is 24.6. The molecular formula is C26H35N3O4. The lowest BCUT2D eigenvalue weighted by molar-refractivity contribution is -0.152. The summed E-state index contributed by atoms with van der Waals surface area (Å²) in [5, 5.41) is 10.5. The fourth-order valence-corrected chi connectivity index (χ4v) is 3.25. The van der Waals surface area contributed by atoms with E-state index in [4.69, 9.17) is 10.6 Å². The normalized spacial score (nSPS) is 11.1. The van der Waals surface area contributed by atoms with E-state index in [-0.39, 0.29) is 6.03 Å². The fraction of sp³-hybridized carbons (Fsp3) is 0.385. The van der Waals surface area contributed by atoms with E-state index in [1.165, 1.54) is 18.9 Å². The van der Waals surface area contributed by atoms with Crippen LogP contribution < -0.4 is 10.6 Å². The molecule has 33 heavy (non-hydrogen) atoms. The highest BCUT2D eigenvalue weighted by atomic mass is 16.5. The summed E-state index contributed by atoms with van der Waals surface area (Å²) in [5.41, 5.74) is 2.42. The van der Waals surface area contributed by atoms with Crippen LogP contribution in [-0.4, -0.2) is 39.2 Å². The van der Waals surface area contributed by atoms with Crippen LogP contribution in [0.3, 0.4) is 0 Å². The zero-order valence-electron chi connectivity index (χ0n) is 20.0. The number of hydrazine groups is 1. The number of aliphatic carboxylic acids is 1. The van der Waals surface area contributed by atoms with Gasteiger partial charge in [-0.3, -0.25) is 9.91 Å². The molecule has 7 heteroatoms. The van der Waals surface area contributed by atoms with Gasteiger partial charge in [-0.25, -0.2) is 15.4 Å². The molecule has 2 aromatic rings. The molecule has 2 amide bonds. The van der Waals surface area contributed by atoms with Crippen molar-refractivity contribution in [1.82, 2.24) is 9.91 Å². The van der Waals surface area contributed by atoms with Crippen molar-refractivity contribution in [1.29, 1.82) is 0 Å². The highest BCUT2D eigenvalue weighted by Crippen LogP contribution is 2.22. The lowest BCUT2D eigenvalue weighted by Gasteiger charge is -2.29. The molecule has 178 valence electrons. The fourth-order valence-electron chi connectivity index (χ4n) is 3.25. The summed E-state index contributed by atoms with van der Waals surface area (Å²) < 4.78 is 5.62. The average molecular weight is 454 g/mol. The van der Waals surface area contributed by atoms with Crippen LogP contribution in [0.2, 0.25) is 0 Å². The number of hydrogen-bond donors (Lipinski definition) is 2. The number of allylic oxidation sites excluding steroid dienone is 1. The summed E-state index contributed by atoms with van der Waals surface area (Å²) in [4.78, 5) is 26.0. The maximum atomic E-state index is 13.0. The van der Waals surface area contributed by atoms with Crippen LogP contribution in [0.15, 0.2) is 60.8 Å². The summed E-state index contributed by atoms with van der Waals surface area (Å²) in [6.07, 6.45) is 1.95. The lowest BCUT2D eigenvalue weighted by atomic mass is 10.1. The molecule has 0 aliphatic carbocycles. The molecule has 3 N–H and O–H groups in total. The molecule has 2 rings (SSSR count). The lowest BCUT2D eigenvalue weighted by Crippen LogP contribution is -2.46. The number of carbonyl (C=O) groups excluding carboxylic acids is 1. The van der Waals surface area contributed by atoms with Crippen molar-refractivity contribution in [3.8, 4) is 5.75 Å². The third-order valence-corrected chi connectivity index (χ3v) is 5.27. The number of ether oxygens (including phenoxy) is 1. The summed E-state index contributed by atoms with van der Waals surface area (Å²) >= 11 is 0. The van der Waals surface area contributed by atoms with Gasteiger partial charge in [-0.2, -0.15) is 0 Å². The second-order valence-electron chi connectivity index (χ2n) is 8.68. The molecule has 0 saturated heterocycles. The van der Waals surface area contributed by atoms with Gasteiger partial charge in [0.2, 0.25) is 0 Å². The molecule has 0 atom stereocenters. The van der Waals surface area contributed by atoms with E-state index in [2.05, 4.69) is 6.58 Å². The Bertz CT molecular complexity index is 970. The minimum atomic E-state index is -1.32. The van der Waals surface area contributed by atoms with Gasteiger partial charge in [0.15, 0.2) is 5.60 Å². The minimum Gasteiger partial charge on any atom is -0.478 e. The molecule has 0 aliphatic rings. The van der Waals surface area contributed by atoms with Crippen LogP contribution in [-0.2, 0) is 17.8 Å². The van der Waals surface area contributed by atoms with Gasteiger partial charge in [0.1, 0.15) is 5.75 Å². The van der Waals surface area contributed by atoms with E-state index in [0.717, 1.165) is 23.1 Å². The number of benzene rings is 2. The highest BCUT2D eigenvalue weighted by molar-refractivity contribution is 5.77. The smallest absolute Gasteiger partial charge is 0.347 e. The van der Waals surface area contributed by atoms with Crippen molar-refractivity contribution in [2.75, 3.05) is 6.54 Å². The van der Waals surface area contributed by atoms with Crippen molar-refractivity contribution >= 4 is 12.0 Å². The number of amides is 2. The summed E-state index contributed by atoms with van der Waals surface area (Å²) in [5.74, 6) is 5.55. The third-order valence-electron chi connectivity index (χ3n) is 5.27. The van der Waals surface area contributed by atoms with Crippen molar-refractivity contribution in [3.05, 3.63) is 77.5 Å². The van der Waals surface area contributed by atoms with Gasteiger partial charge in [0.25, 0.3) is 0 Å². The molecular weight excluding hydrogens is 418 g/mol. The standard InChI is InChI=1S/C26H35N3O4/c1-6-16-28(25(32)29(27)18-22-13-10-19(2)11-14-22)20(3)12-15-21-8-7-9-23(17-21)33-26(4,5)24(30)31/h7-11,13-14,17H,3,6,12,15-16,18,27H2,1-2,4-5H3,(H,30,31). The Morgan fingerprint density at radius 2 is 1.79 bits per heavy atom. The third kappa shape index (κ3) is 7.64. The minimum absolute atomic E-state index is 0.289. The first-order valence-corrected chi connectivity index (χ1v) is 11.1. The Morgan fingerprint density at radius 1 is 1.12 bits per heavy atom. The van der Waals surface area contributed by atoms with E-state index >= 15 is 0 Å². The molecule has 0 unspecified atom stereocenters. The summed E-state index contributed by atoms with van der Waals surface area (Å²) in [6.45, 7) is 12.0. The van der Waals surface area contributed by atoms with E-state index in [1.807, 2.05) is 56.3 Å². The van der Waals surface area contributed by atoms with Crippen molar-refractivity contribution in [2.24, 2.45) is 5.84 Å². The molecule has 0 saturated carbocycles. The number of carboxylic acid groups (broad SMARTS) is 1. The first kappa shape index (κ1) is 25.9. The van der Waals surface area contributed by atoms with Gasteiger partial charge in [0.05, 0.1) is 6.54 Å². The van der Waals surface area contributed by atoms with Crippen molar-refractivity contribution in [3.63, 3.8) is 0 Å². The second-order valence-corrected chi connectivity index (χ2v) is 8.68. The average Bonchev–Trinajstić information content (AvgIpc) is 2.76. The van der Waals surface area contributed by atoms with E-state index in [0.29, 0.717) is 37.4 Å². The highest BCUT2D eigenvalue weighted by Gasteiger charge is 2.29. The topological polar surface area (TPSA) is 96.1 Å². The maximum absolute atomic E-state index is 13.0. The number of carboxylic acids is 1. The van der Waals surface area contributed by atoms with E-state index in [1.54, 1.807) is 11.0 Å². The molecule has 2 aromatic carbocycles. The molecule has 0 heterocycles. The number of aryl methyl sites for hydroxylation is 2. The van der Waals surface area contributed by atoms with Crippen molar-refractivity contribution in [2.45, 2.75) is 59.1 Å². The zero-order valence-corrected chi connectivity index (χ0v) is 20.0. The Balaban J connectivity index is 2.02. The van der Waals surface area contributed by atoms with Gasteiger partial charge in [-0.15, -0.1) is 0 Å². The van der Waals surface area contributed by atoms with Crippen LogP contribution >= 0.6 is 0 Å². The first-order chi connectivity index (χ1) is 15.5.